The summed E-state index contributed by atoms with van der Waals surface area (Å²) in [7, 11) is 0. The van der Waals surface area contributed by atoms with Gasteiger partial charge in [0.25, 0.3) is 0 Å². The fraction of sp³-hybridized carbons (Fsp3) is 0.0625. The number of hydrogen-bond donors (Lipinski definition) is 3. The number of ether oxygens (including phenoxy) is 1. The first-order chi connectivity index (χ1) is 11.7. The number of nitrogens with two attached hydrogens (primary N) is 1. The van der Waals surface area contributed by atoms with E-state index in [-0.39, 0.29) is 12.4 Å². The van der Waals surface area contributed by atoms with Gasteiger partial charge in [0.1, 0.15) is 18.8 Å². The summed E-state index contributed by atoms with van der Waals surface area (Å²) in [6, 6.07) is 4.87. The fourth-order valence-corrected chi connectivity index (χ4v) is 2.60. The van der Waals surface area contributed by atoms with E-state index in [1.165, 1.54) is 12.4 Å². The lowest BCUT2D eigenvalue weighted by Crippen LogP contribution is -1.95. The van der Waals surface area contributed by atoms with Gasteiger partial charge >= 0.3 is 0 Å². The highest BCUT2D eigenvalue weighted by molar-refractivity contribution is 5.99. The normalized spacial score (nSPS) is 11.2. The predicted octanol–water partition coefficient (Wildman–Crippen LogP) is 2.79. The first kappa shape index (κ1) is 14.2. The van der Waals surface area contributed by atoms with Crippen LogP contribution in [0.5, 0.6) is 5.75 Å². The molecule has 0 spiro atoms. The summed E-state index contributed by atoms with van der Waals surface area (Å²) in [6.45, 7) is 3.79. The summed E-state index contributed by atoms with van der Waals surface area (Å²) in [6.07, 6.45) is 2.91. The molecule has 120 valence electrons. The van der Waals surface area contributed by atoms with Gasteiger partial charge in [0.15, 0.2) is 17.2 Å². The third-order valence-electron chi connectivity index (χ3n) is 3.68. The van der Waals surface area contributed by atoms with Crippen LogP contribution in [0.1, 0.15) is 0 Å². The molecule has 0 bridgehead atoms. The lowest BCUT2D eigenvalue weighted by Gasteiger charge is -2.04. The molecular weight excluding hydrogens is 311 g/mol. The van der Waals surface area contributed by atoms with Crippen LogP contribution in [0.2, 0.25) is 0 Å². The van der Waals surface area contributed by atoms with E-state index in [4.69, 9.17) is 10.5 Å². The number of anilines is 1. The summed E-state index contributed by atoms with van der Waals surface area (Å²) < 4.78 is 19.4. The molecule has 0 atom stereocenters. The Morgan fingerprint density at radius 3 is 3.00 bits per heavy atom. The van der Waals surface area contributed by atoms with Crippen LogP contribution in [0.15, 0.2) is 37.2 Å². The van der Waals surface area contributed by atoms with Crippen LogP contribution in [0.25, 0.3) is 33.3 Å². The summed E-state index contributed by atoms with van der Waals surface area (Å²) in [4.78, 5) is 11.2. The van der Waals surface area contributed by atoms with Crippen molar-refractivity contribution in [2.75, 3.05) is 12.3 Å². The highest BCUT2D eigenvalue weighted by Crippen LogP contribution is 2.32. The summed E-state index contributed by atoms with van der Waals surface area (Å²) >= 11 is 0. The minimum atomic E-state index is -0.449. The average Bonchev–Trinajstić information content (AvgIpc) is 3.16. The standard InChI is InChI=1S/C16H13FN6O/c1-2-3-24-12-5-8-4-11(21-10(8)6-9(12)17)14-13-15(18)19-7-20-16(13)23-22-14/h2,4-7,21H,1,3H2,(H3,18,19,20,22,23). The molecule has 0 amide bonds. The lowest BCUT2D eigenvalue weighted by molar-refractivity contribution is 0.342. The van der Waals surface area contributed by atoms with Crippen LogP contribution in [0, 0.1) is 5.82 Å². The van der Waals surface area contributed by atoms with Gasteiger partial charge in [-0.3, -0.25) is 5.10 Å². The molecule has 0 unspecified atom stereocenters. The molecular formula is C16H13FN6O. The Bertz CT molecular complexity index is 1070. The number of halogens is 1. The molecule has 24 heavy (non-hydrogen) atoms. The number of nitrogens with one attached hydrogen (secondary N) is 2. The molecule has 4 rings (SSSR count). The van der Waals surface area contributed by atoms with E-state index in [1.807, 2.05) is 6.07 Å². The Labute approximate surface area is 135 Å². The van der Waals surface area contributed by atoms with Crippen molar-refractivity contribution < 1.29 is 9.13 Å². The maximum absolute atomic E-state index is 14.1. The van der Waals surface area contributed by atoms with Crippen LogP contribution in [-0.4, -0.2) is 31.8 Å². The third-order valence-corrected chi connectivity index (χ3v) is 3.68. The number of rotatable bonds is 4. The van der Waals surface area contributed by atoms with E-state index in [9.17, 15) is 4.39 Å². The number of H-pyrrole nitrogens is 2. The van der Waals surface area contributed by atoms with Gasteiger partial charge in [0.2, 0.25) is 0 Å². The quantitative estimate of drug-likeness (QED) is 0.501. The van der Waals surface area contributed by atoms with Gasteiger partial charge in [-0.25, -0.2) is 14.4 Å². The van der Waals surface area contributed by atoms with Gasteiger partial charge in [-0.1, -0.05) is 12.7 Å². The second-order valence-corrected chi connectivity index (χ2v) is 5.21. The van der Waals surface area contributed by atoms with Crippen LogP contribution >= 0.6 is 0 Å². The van der Waals surface area contributed by atoms with E-state index < -0.39 is 5.82 Å². The number of aromatic nitrogens is 5. The number of benzene rings is 1. The van der Waals surface area contributed by atoms with Crippen molar-refractivity contribution in [2.24, 2.45) is 0 Å². The Kier molecular flexibility index (Phi) is 3.16. The van der Waals surface area contributed by atoms with Gasteiger partial charge in [-0.2, -0.15) is 5.10 Å². The highest BCUT2D eigenvalue weighted by Gasteiger charge is 2.15. The summed E-state index contributed by atoms with van der Waals surface area (Å²) in [5.41, 5.74) is 8.37. The molecule has 3 heterocycles. The first-order valence-electron chi connectivity index (χ1n) is 7.18. The zero-order chi connectivity index (χ0) is 16.7. The van der Waals surface area contributed by atoms with Crippen molar-refractivity contribution in [2.45, 2.75) is 0 Å². The summed E-state index contributed by atoms with van der Waals surface area (Å²) in [5, 5.41) is 8.42. The topological polar surface area (TPSA) is 106 Å². The predicted molar refractivity (Wildman–Crippen MR) is 89.0 cm³/mol. The number of nitrogen functional groups attached to an aromatic ring is 1. The van der Waals surface area contributed by atoms with Crippen LogP contribution in [0.4, 0.5) is 10.2 Å². The number of fused-ring (bicyclic) bond motifs is 2. The number of hydrogen-bond acceptors (Lipinski definition) is 5. The molecule has 0 saturated heterocycles. The molecule has 1 aromatic carbocycles. The first-order valence-corrected chi connectivity index (χ1v) is 7.18. The molecule has 0 fully saturated rings. The molecule has 3 aromatic heterocycles. The van der Waals surface area contributed by atoms with E-state index >= 15 is 0 Å². The highest BCUT2D eigenvalue weighted by atomic mass is 19.1. The SMILES string of the molecule is C=CCOc1cc2cc(-c3[nH]nc4ncnc(N)c34)[nH]c2cc1F. The molecule has 7 nitrogen and oxygen atoms in total. The van der Waals surface area contributed by atoms with E-state index in [1.54, 1.807) is 12.1 Å². The van der Waals surface area contributed by atoms with Crippen molar-refractivity contribution in [3.05, 3.63) is 43.0 Å². The Morgan fingerprint density at radius 2 is 2.17 bits per heavy atom. The zero-order valence-electron chi connectivity index (χ0n) is 12.5. The monoisotopic (exact) mass is 324 g/mol. The van der Waals surface area contributed by atoms with Crippen LogP contribution < -0.4 is 10.5 Å². The largest absolute Gasteiger partial charge is 0.486 e. The van der Waals surface area contributed by atoms with Crippen molar-refractivity contribution in [1.82, 2.24) is 25.1 Å². The molecule has 0 aliphatic heterocycles. The smallest absolute Gasteiger partial charge is 0.186 e. The maximum atomic E-state index is 14.1. The van der Waals surface area contributed by atoms with Crippen LogP contribution in [0.3, 0.4) is 0 Å². The molecule has 4 aromatic rings. The lowest BCUT2D eigenvalue weighted by atomic mass is 10.2. The molecule has 0 aliphatic rings. The summed E-state index contributed by atoms with van der Waals surface area (Å²) in [5.74, 6) is 0.0453. The second kappa shape index (κ2) is 5.34. The minimum Gasteiger partial charge on any atom is -0.486 e. The third kappa shape index (κ3) is 2.16. The van der Waals surface area contributed by atoms with Crippen molar-refractivity contribution >= 4 is 27.8 Å². The Balaban J connectivity index is 1.86. The van der Waals surface area contributed by atoms with Crippen LogP contribution in [-0.2, 0) is 0 Å². The molecule has 0 aliphatic carbocycles. The maximum Gasteiger partial charge on any atom is 0.186 e. The van der Waals surface area contributed by atoms with Gasteiger partial charge < -0.3 is 15.5 Å². The molecule has 8 heteroatoms. The Hall–Kier alpha value is -3.42. The Morgan fingerprint density at radius 1 is 1.29 bits per heavy atom. The van der Waals surface area contributed by atoms with E-state index in [0.717, 1.165) is 5.39 Å². The average molecular weight is 324 g/mol. The fourth-order valence-electron chi connectivity index (χ4n) is 2.60. The van der Waals surface area contributed by atoms with Gasteiger partial charge in [0.05, 0.1) is 16.8 Å². The molecule has 0 saturated carbocycles. The minimum absolute atomic E-state index is 0.172. The van der Waals surface area contributed by atoms with Crippen molar-refractivity contribution in [1.29, 1.82) is 0 Å². The van der Waals surface area contributed by atoms with Gasteiger partial charge in [0, 0.05) is 17.0 Å². The number of nitrogens with zero attached hydrogens (tertiary/aromatic N) is 3. The molecule has 4 N–H and O–H groups in total. The van der Waals surface area contributed by atoms with Gasteiger partial charge in [-0.15, -0.1) is 0 Å². The molecule has 0 radical (unpaired) electrons. The van der Waals surface area contributed by atoms with Crippen molar-refractivity contribution in [3.63, 3.8) is 0 Å². The van der Waals surface area contributed by atoms with E-state index in [0.29, 0.717) is 33.8 Å². The van der Waals surface area contributed by atoms with Crippen molar-refractivity contribution in [3.8, 4) is 17.1 Å². The second-order valence-electron chi connectivity index (χ2n) is 5.21. The van der Waals surface area contributed by atoms with E-state index in [2.05, 4.69) is 31.7 Å². The zero-order valence-corrected chi connectivity index (χ0v) is 12.5. The number of aromatic amines is 2. The van der Waals surface area contributed by atoms with Gasteiger partial charge in [-0.05, 0) is 12.1 Å².